The van der Waals surface area contributed by atoms with Crippen LogP contribution in [-0.4, -0.2) is 78.2 Å². The van der Waals surface area contributed by atoms with E-state index in [2.05, 4.69) is 53.7 Å². The van der Waals surface area contributed by atoms with E-state index in [9.17, 15) is 36.5 Å². The summed E-state index contributed by atoms with van der Waals surface area (Å²) in [4.78, 5) is 13.8. The summed E-state index contributed by atoms with van der Waals surface area (Å²) in [6.07, 6.45) is 3.79. The first-order valence-corrected chi connectivity index (χ1v) is 19.4. The molecule has 0 aromatic heterocycles. The molecule has 12 nitrogen and oxygen atoms in total. The highest BCUT2D eigenvalue weighted by atomic mass is 32.3. The first-order chi connectivity index (χ1) is 23.4. The Kier molecular flexibility index (Phi) is 7.12. The zero-order valence-corrected chi connectivity index (χ0v) is 29.6. The molecule has 0 aliphatic carbocycles. The van der Waals surface area contributed by atoms with Crippen LogP contribution >= 0.6 is 10.9 Å². The molecule has 0 bridgehead atoms. The summed E-state index contributed by atoms with van der Waals surface area (Å²) in [5.74, 6) is -1.00. The van der Waals surface area contributed by atoms with Gasteiger partial charge in [-0.2, -0.15) is 13.0 Å². The molecule has 50 heavy (non-hydrogen) atoms. The van der Waals surface area contributed by atoms with Gasteiger partial charge in [0, 0.05) is 52.7 Å². The first-order valence-electron chi connectivity index (χ1n) is 16.4. The van der Waals surface area contributed by atoms with Crippen LogP contribution in [0.1, 0.15) is 62.0 Å². The van der Waals surface area contributed by atoms with E-state index in [1.165, 1.54) is 6.07 Å². The van der Waals surface area contributed by atoms with Crippen molar-refractivity contribution in [1.29, 1.82) is 0 Å². The van der Waals surface area contributed by atoms with Crippen molar-refractivity contribution >= 4 is 49.7 Å². The summed E-state index contributed by atoms with van der Waals surface area (Å²) >= 11 is 0. The van der Waals surface area contributed by atoms with Gasteiger partial charge in [0.25, 0.3) is 10.1 Å². The Bertz CT molecular complexity index is 2220. The van der Waals surface area contributed by atoms with Crippen LogP contribution in [0.5, 0.6) is 0 Å². The molecule has 2 atom stereocenters. The molecule has 0 spiro atoms. The van der Waals surface area contributed by atoms with Crippen molar-refractivity contribution in [2.24, 2.45) is 0 Å². The lowest BCUT2D eigenvalue weighted by Gasteiger charge is -2.49. The topological polar surface area (TPSA) is 174 Å². The van der Waals surface area contributed by atoms with Crippen molar-refractivity contribution in [3.63, 3.8) is 0 Å². The fraction of sp³-hybridized carbons (Fsp3) is 0.333. The van der Waals surface area contributed by atoms with E-state index in [1.807, 2.05) is 6.07 Å². The largest absolute Gasteiger partial charge is 0.478 e. The van der Waals surface area contributed by atoms with Crippen molar-refractivity contribution in [2.45, 2.75) is 73.2 Å². The van der Waals surface area contributed by atoms with Gasteiger partial charge in [-0.15, -0.1) is 0 Å². The lowest BCUT2D eigenvalue weighted by Crippen LogP contribution is -2.58. The summed E-state index contributed by atoms with van der Waals surface area (Å²) < 4.78 is 66.9. The molecule has 3 aromatic rings. The Hall–Kier alpha value is -4.02. The minimum absolute atomic E-state index is 0.0645. The molecule has 0 saturated carbocycles. The molecule has 0 fully saturated rings. The maximum absolute atomic E-state index is 12.2. The normalized spacial score (nSPS) is 23.7. The molecule has 14 heteroatoms. The van der Waals surface area contributed by atoms with Crippen LogP contribution in [0.25, 0.3) is 0 Å². The third-order valence-corrected chi connectivity index (χ3v) is 12.8. The number of hydrogen-bond acceptors (Lipinski definition) is 9. The van der Waals surface area contributed by atoms with Gasteiger partial charge in [-0.25, -0.2) is 9.80 Å². The number of rotatable bonds is 5. The number of carboxylic acid groups (broad SMARTS) is 1. The molecule has 8 rings (SSSR count). The maximum Gasteiger partial charge on any atom is 0.335 e. The first kappa shape index (κ1) is 33.1. The molecule has 5 aliphatic rings. The van der Waals surface area contributed by atoms with Gasteiger partial charge in [0.1, 0.15) is 10.9 Å². The van der Waals surface area contributed by atoms with Crippen molar-refractivity contribution < 1.29 is 41.1 Å². The highest BCUT2D eigenvalue weighted by Crippen LogP contribution is 2.56. The predicted molar refractivity (Wildman–Crippen MR) is 190 cm³/mol. The number of fused-ring (bicyclic) bond motifs is 8. The number of nitrogens with one attached hydrogen (secondary N) is 1. The van der Waals surface area contributed by atoms with E-state index >= 15 is 0 Å². The third-order valence-electron chi connectivity index (χ3n) is 11.1. The molecule has 5 heterocycles. The van der Waals surface area contributed by atoms with Crippen LogP contribution < -0.4 is 10.3 Å². The Morgan fingerprint density at radius 3 is 2.20 bits per heavy atom. The second kappa shape index (κ2) is 10.7. The van der Waals surface area contributed by atoms with E-state index in [4.69, 9.17) is 0 Å². The van der Waals surface area contributed by atoms with Crippen LogP contribution in [0, 0.1) is 0 Å². The fourth-order valence-electron chi connectivity index (χ4n) is 8.92. The van der Waals surface area contributed by atoms with E-state index in [0.717, 1.165) is 63.6 Å². The van der Waals surface area contributed by atoms with E-state index in [-0.39, 0.29) is 27.4 Å². The number of benzene rings is 3. The number of allylic oxidation sites excluding steroid dienone is 1. The molecular formula is C36H39N4O8S2+. The zero-order valence-electron chi connectivity index (χ0n) is 28.0. The minimum atomic E-state index is -4.42. The van der Waals surface area contributed by atoms with Gasteiger partial charge < -0.3 is 29.1 Å². The molecule has 6 N–H and O–H groups in total. The quantitative estimate of drug-likeness (QED) is 0.126. The van der Waals surface area contributed by atoms with Gasteiger partial charge in [-0.05, 0) is 92.1 Å². The predicted octanol–water partition coefficient (Wildman–Crippen LogP) is 6.46. The van der Waals surface area contributed by atoms with Crippen LogP contribution in [0.4, 0.5) is 17.1 Å². The molecule has 3 aromatic carbocycles. The molecule has 0 amide bonds. The van der Waals surface area contributed by atoms with Gasteiger partial charge in [0.2, 0.25) is 5.69 Å². The Morgan fingerprint density at radius 1 is 0.860 bits per heavy atom. The average Bonchev–Trinajstić information content (AvgIpc) is 3.43. The number of carboxylic acids is 1. The monoisotopic (exact) mass is 719 g/mol. The average molecular weight is 720 g/mol. The second-order valence-electron chi connectivity index (χ2n) is 14.7. The molecular weight excluding hydrogens is 681 g/mol. The van der Waals surface area contributed by atoms with Crippen molar-refractivity contribution in [2.75, 3.05) is 23.4 Å². The van der Waals surface area contributed by atoms with Crippen molar-refractivity contribution in [3.8, 4) is 0 Å². The highest BCUT2D eigenvalue weighted by Gasteiger charge is 2.56. The smallest absolute Gasteiger partial charge is 0.335 e. The third kappa shape index (κ3) is 4.81. The van der Waals surface area contributed by atoms with Gasteiger partial charge in [-0.3, -0.25) is 4.55 Å². The van der Waals surface area contributed by atoms with Crippen LogP contribution in [0.2, 0.25) is 0 Å². The van der Waals surface area contributed by atoms with E-state index in [0.29, 0.717) is 13.1 Å². The van der Waals surface area contributed by atoms with Gasteiger partial charge >= 0.3 is 5.97 Å². The van der Waals surface area contributed by atoms with Crippen LogP contribution in [-0.2, 0) is 20.9 Å². The number of hydrazine groups is 1. The van der Waals surface area contributed by atoms with Gasteiger partial charge in [-0.1, -0.05) is 13.8 Å². The van der Waals surface area contributed by atoms with Gasteiger partial charge in [0.05, 0.1) is 32.9 Å². The zero-order chi connectivity index (χ0) is 35.7. The summed E-state index contributed by atoms with van der Waals surface area (Å²) in [5, 5.41) is 11.8. The summed E-state index contributed by atoms with van der Waals surface area (Å²) in [6, 6.07) is 16.4. The van der Waals surface area contributed by atoms with Crippen LogP contribution in [0.3, 0.4) is 0 Å². The lowest BCUT2D eigenvalue weighted by molar-refractivity contribution is -0.443. The molecule has 0 radical (unpaired) electrons. The summed E-state index contributed by atoms with van der Waals surface area (Å²) in [6.45, 7) is 9.71. The standard InChI is InChI=1S/C36H38N4O8S2/c1-35(2)26-17-22(49(43,44)45)9-11-30(26)38-15-13-28-24(32(35)38)19-25-29(40(28)37-21-7-5-20(6-8-21)34(41)42)14-16-39-31-12-10-23(50(46,47)48)18-27(31)36(3,4)33(25)39/h5-12,17-19,28-29,37H,13-16H2,1-4H3,(H4-,41,42,43,44,45,46,47,48)/p+1. The van der Waals surface area contributed by atoms with E-state index in [1.54, 1.807) is 48.5 Å². The summed E-state index contributed by atoms with van der Waals surface area (Å²) in [5.41, 5.74) is 11.2. The SMILES string of the molecule is CC1(C)C2=C3C=C4C5=[N+](CCC4N(Nc4ccc(C(=O)O)cc4)C3CCN2c2ccc(S(O)(O)O)cc21)c1ccc(S(=O)(=O)O)cc1C5(C)C. The molecule has 5 aliphatic heterocycles. The van der Waals surface area contributed by atoms with E-state index < -0.39 is 37.8 Å². The Balaban J connectivity index is 1.32. The highest BCUT2D eigenvalue weighted by molar-refractivity contribution is 8.19. The maximum atomic E-state index is 12.2. The van der Waals surface area contributed by atoms with Gasteiger partial charge in [0.15, 0.2) is 12.3 Å². The van der Waals surface area contributed by atoms with Crippen molar-refractivity contribution in [1.82, 2.24) is 5.01 Å². The summed E-state index contributed by atoms with van der Waals surface area (Å²) in [7, 11) is -8.34. The number of anilines is 2. The molecule has 0 saturated heterocycles. The number of hydrogen-bond donors (Lipinski definition) is 6. The molecule has 262 valence electrons. The number of nitrogens with zero attached hydrogens (tertiary/aromatic N) is 3. The Labute approximate surface area is 292 Å². The minimum Gasteiger partial charge on any atom is -0.478 e. The second-order valence-corrected chi connectivity index (χ2v) is 17.6. The Morgan fingerprint density at radius 2 is 1.54 bits per heavy atom. The molecule has 2 unspecified atom stereocenters. The van der Waals surface area contributed by atoms with Crippen LogP contribution in [0.15, 0.2) is 93.4 Å². The van der Waals surface area contributed by atoms with Crippen molar-refractivity contribution in [3.05, 3.63) is 100 Å². The number of carbonyl (C=O) groups is 1. The fourth-order valence-corrected chi connectivity index (χ4v) is 9.95. The lowest BCUT2D eigenvalue weighted by atomic mass is 9.72. The number of aromatic carboxylic acids is 1.